The summed E-state index contributed by atoms with van der Waals surface area (Å²) in [6.45, 7) is 2.18. The molecule has 2 aliphatic rings. The molecule has 0 unspecified atom stereocenters. The summed E-state index contributed by atoms with van der Waals surface area (Å²) in [4.78, 5) is 0. The average molecular weight is 525 g/mol. The molecule has 38 heavy (non-hydrogen) atoms. The minimum atomic E-state index is -1.03. The molecule has 2 saturated carbocycles. The van der Waals surface area contributed by atoms with Gasteiger partial charge in [-0.2, -0.15) is 4.39 Å². The molecule has 3 aromatic rings. The van der Waals surface area contributed by atoms with Crippen LogP contribution in [-0.2, 0) is 0 Å². The molecule has 0 atom stereocenters. The molecule has 0 saturated heterocycles. The van der Waals surface area contributed by atoms with Gasteiger partial charge in [-0.3, -0.25) is 0 Å². The van der Waals surface area contributed by atoms with Gasteiger partial charge in [0, 0.05) is 11.1 Å². The molecule has 2 aliphatic carbocycles. The van der Waals surface area contributed by atoms with Crippen molar-refractivity contribution >= 4 is 0 Å². The first-order valence-corrected chi connectivity index (χ1v) is 14.2. The fourth-order valence-corrected chi connectivity index (χ4v) is 6.52. The second-order valence-electron chi connectivity index (χ2n) is 11.0. The standard InChI is InChI=1S/C33H36F4O/c1-2-20-38-29-19-18-28(32(36)33(29)37)25-14-12-24(13-15-25)27-17-16-26(30(34)31(27)35)23-10-8-22(9-11-23)21-6-4-3-5-7-21/h12-19,21-23H,2-11,20H2,1H3. The summed E-state index contributed by atoms with van der Waals surface area (Å²) in [7, 11) is 0. The van der Waals surface area contributed by atoms with Crippen molar-refractivity contribution in [2.75, 3.05) is 6.61 Å². The van der Waals surface area contributed by atoms with E-state index in [9.17, 15) is 8.78 Å². The van der Waals surface area contributed by atoms with Crippen molar-refractivity contribution in [3.05, 3.63) is 77.4 Å². The van der Waals surface area contributed by atoms with Crippen molar-refractivity contribution in [3.63, 3.8) is 0 Å². The highest BCUT2D eigenvalue weighted by Crippen LogP contribution is 2.44. The smallest absolute Gasteiger partial charge is 0.201 e. The summed E-state index contributed by atoms with van der Waals surface area (Å²) in [5, 5.41) is 0. The second kappa shape index (κ2) is 11.9. The Morgan fingerprint density at radius 1 is 0.605 bits per heavy atom. The maximum absolute atomic E-state index is 15.3. The molecule has 202 valence electrons. The molecule has 0 amide bonds. The predicted octanol–water partition coefficient (Wildman–Crippen LogP) is 10.2. The van der Waals surface area contributed by atoms with Crippen LogP contribution in [0.15, 0.2) is 48.5 Å². The third-order valence-electron chi connectivity index (χ3n) is 8.66. The summed E-state index contributed by atoms with van der Waals surface area (Å²) in [5.41, 5.74) is 1.67. The molecule has 0 bridgehead atoms. The summed E-state index contributed by atoms with van der Waals surface area (Å²) >= 11 is 0. The molecule has 0 aromatic heterocycles. The normalized spacial score (nSPS) is 20.4. The van der Waals surface area contributed by atoms with E-state index in [2.05, 4.69) is 0 Å². The van der Waals surface area contributed by atoms with Crippen LogP contribution in [0, 0.1) is 35.1 Å². The fraction of sp³-hybridized carbons (Fsp3) is 0.455. The van der Waals surface area contributed by atoms with Gasteiger partial charge in [0.05, 0.1) is 6.61 Å². The molecular formula is C33H36F4O. The minimum Gasteiger partial charge on any atom is -0.490 e. The molecular weight excluding hydrogens is 488 g/mol. The highest BCUT2D eigenvalue weighted by Gasteiger charge is 2.31. The van der Waals surface area contributed by atoms with E-state index in [-0.39, 0.29) is 22.8 Å². The number of ether oxygens (including phenoxy) is 1. The van der Waals surface area contributed by atoms with Gasteiger partial charge < -0.3 is 4.74 Å². The van der Waals surface area contributed by atoms with E-state index in [1.807, 2.05) is 6.92 Å². The second-order valence-corrected chi connectivity index (χ2v) is 11.0. The van der Waals surface area contributed by atoms with Crippen LogP contribution in [-0.4, -0.2) is 6.61 Å². The first-order valence-electron chi connectivity index (χ1n) is 14.2. The van der Waals surface area contributed by atoms with E-state index in [0.717, 1.165) is 37.5 Å². The van der Waals surface area contributed by atoms with Gasteiger partial charge in [-0.1, -0.05) is 75.4 Å². The Labute approximate surface area is 223 Å². The van der Waals surface area contributed by atoms with E-state index >= 15 is 8.78 Å². The molecule has 2 fully saturated rings. The molecule has 0 aliphatic heterocycles. The molecule has 0 radical (unpaired) electrons. The number of hydrogen-bond acceptors (Lipinski definition) is 1. The predicted molar refractivity (Wildman–Crippen MR) is 144 cm³/mol. The Morgan fingerprint density at radius 2 is 1.16 bits per heavy atom. The van der Waals surface area contributed by atoms with Crippen LogP contribution in [0.5, 0.6) is 5.75 Å². The van der Waals surface area contributed by atoms with Gasteiger partial charge >= 0.3 is 0 Å². The first kappa shape index (κ1) is 26.8. The van der Waals surface area contributed by atoms with E-state index in [4.69, 9.17) is 4.74 Å². The van der Waals surface area contributed by atoms with Crippen LogP contribution in [0.25, 0.3) is 22.3 Å². The van der Waals surface area contributed by atoms with Crippen molar-refractivity contribution in [1.82, 2.24) is 0 Å². The zero-order valence-corrected chi connectivity index (χ0v) is 22.0. The first-order chi connectivity index (χ1) is 18.5. The topological polar surface area (TPSA) is 9.23 Å². The monoisotopic (exact) mass is 524 g/mol. The lowest BCUT2D eigenvalue weighted by Gasteiger charge is -2.36. The maximum Gasteiger partial charge on any atom is 0.201 e. The van der Waals surface area contributed by atoms with Crippen molar-refractivity contribution in [2.45, 2.75) is 77.0 Å². The summed E-state index contributed by atoms with van der Waals surface area (Å²) < 4.78 is 64.9. The Balaban J connectivity index is 1.30. The quantitative estimate of drug-likeness (QED) is 0.279. The van der Waals surface area contributed by atoms with Gasteiger partial charge in [-0.05, 0) is 78.7 Å². The highest BCUT2D eigenvalue weighted by molar-refractivity contribution is 5.72. The summed E-state index contributed by atoms with van der Waals surface area (Å²) in [6.07, 6.45) is 11.4. The number of hydrogen-bond donors (Lipinski definition) is 0. The molecule has 0 N–H and O–H groups in total. The number of halogens is 4. The van der Waals surface area contributed by atoms with Gasteiger partial charge in [0.1, 0.15) is 0 Å². The fourth-order valence-electron chi connectivity index (χ4n) is 6.52. The van der Waals surface area contributed by atoms with Crippen molar-refractivity contribution in [3.8, 4) is 28.0 Å². The molecule has 5 heteroatoms. The van der Waals surface area contributed by atoms with Gasteiger partial charge in [0.25, 0.3) is 0 Å². The molecule has 5 rings (SSSR count). The zero-order chi connectivity index (χ0) is 26.6. The third-order valence-corrected chi connectivity index (χ3v) is 8.66. The van der Waals surface area contributed by atoms with E-state index < -0.39 is 23.3 Å². The Hall–Kier alpha value is -2.82. The van der Waals surface area contributed by atoms with Crippen LogP contribution < -0.4 is 4.74 Å². The van der Waals surface area contributed by atoms with E-state index in [1.54, 1.807) is 36.4 Å². The maximum atomic E-state index is 15.3. The molecule has 3 aromatic carbocycles. The van der Waals surface area contributed by atoms with E-state index in [1.165, 1.54) is 44.2 Å². The van der Waals surface area contributed by atoms with E-state index in [0.29, 0.717) is 29.7 Å². The van der Waals surface area contributed by atoms with Crippen molar-refractivity contribution < 1.29 is 22.3 Å². The molecule has 0 spiro atoms. The lowest BCUT2D eigenvalue weighted by molar-refractivity contribution is 0.185. The Morgan fingerprint density at radius 3 is 1.76 bits per heavy atom. The average Bonchev–Trinajstić information content (AvgIpc) is 2.96. The SMILES string of the molecule is CCCOc1ccc(-c2ccc(-c3ccc(C4CCC(C5CCCCC5)CC4)c(F)c3F)cc2)c(F)c1F. The number of rotatable bonds is 7. The van der Waals surface area contributed by atoms with Crippen LogP contribution in [0.4, 0.5) is 17.6 Å². The summed E-state index contributed by atoms with van der Waals surface area (Å²) in [5.74, 6) is -2.15. The Bertz CT molecular complexity index is 1240. The van der Waals surface area contributed by atoms with Crippen LogP contribution in [0.1, 0.15) is 82.6 Å². The van der Waals surface area contributed by atoms with Crippen LogP contribution >= 0.6 is 0 Å². The number of benzene rings is 3. The van der Waals surface area contributed by atoms with Crippen molar-refractivity contribution in [1.29, 1.82) is 0 Å². The van der Waals surface area contributed by atoms with Gasteiger partial charge in [-0.25, -0.2) is 13.2 Å². The van der Waals surface area contributed by atoms with Crippen molar-refractivity contribution in [2.24, 2.45) is 11.8 Å². The van der Waals surface area contributed by atoms with Gasteiger partial charge in [0.15, 0.2) is 23.2 Å². The molecule has 0 heterocycles. The largest absolute Gasteiger partial charge is 0.490 e. The zero-order valence-electron chi connectivity index (χ0n) is 22.0. The van der Waals surface area contributed by atoms with Crippen LogP contribution in [0.3, 0.4) is 0 Å². The molecule has 1 nitrogen and oxygen atoms in total. The lowest BCUT2D eigenvalue weighted by Crippen LogP contribution is -2.23. The minimum absolute atomic E-state index is 0.0583. The highest BCUT2D eigenvalue weighted by atomic mass is 19.2. The third kappa shape index (κ3) is 5.48. The lowest BCUT2D eigenvalue weighted by atomic mass is 9.70. The Kier molecular flexibility index (Phi) is 8.40. The summed E-state index contributed by atoms with van der Waals surface area (Å²) in [6, 6.07) is 12.7. The van der Waals surface area contributed by atoms with Crippen LogP contribution in [0.2, 0.25) is 0 Å². The van der Waals surface area contributed by atoms with Gasteiger partial charge in [-0.15, -0.1) is 0 Å². The van der Waals surface area contributed by atoms with Gasteiger partial charge in [0.2, 0.25) is 5.82 Å².